The summed E-state index contributed by atoms with van der Waals surface area (Å²) in [7, 11) is 0. The van der Waals surface area contributed by atoms with E-state index in [4.69, 9.17) is 5.41 Å². The molecule has 0 atom stereocenters. The highest BCUT2D eigenvalue weighted by Crippen LogP contribution is 2.29. The van der Waals surface area contributed by atoms with Gasteiger partial charge in [0, 0.05) is 0 Å². The van der Waals surface area contributed by atoms with E-state index >= 15 is 0 Å². The van der Waals surface area contributed by atoms with Gasteiger partial charge in [-0.25, -0.2) is 0 Å². The maximum atomic E-state index is 7.65. The topological polar surface area (TPSA) is 23.9 Å². The van der Waals surface area contributed by atoms with E-state index in [-0.39, 0.29) is 0 Å². The summed E-state index contributed by atoms with van der Waals surface area (Å²) in [5.74, 6) is 2.61. The SMILES string of the molecule is Cc1c(C(=C=N)c2ccccc2)ccc2ccccc12. The fraction of sp³-hybridized carbons (Fsp3) is 0.0526. The molecule has 0 aliphatic rings. The summed E-state index contributed by atoms with van der Waals surface area (Å²) in [6.45, 7) is 2.11. The van der Waals surface area contributed by atoms with E-state index in [1.54, 1.807) is 0 Å². The van der Waals surface area contributed by atoms with Crippen LogP contribution in [-0.4, -0.2) is 5.87 Å². The zero-order chi connectivity index (χ0) is 13.9. The number of nitrogens with one attached hydrogen (secondary N) is 1. The van der Waals surface area contributed by atoms with E-state index in [2.05, 4.69) is 43.1 Å². The molecule has 0 amide bonds. The fourth-order valence-corrected chi connectivity index (χ4v) is 2.60. The van der Waals surface area contributed by atoms with Gasteiger partial charge in [-0.05, 0) is 40.3 Å². The summed E-state index contributed by atoms with van der Waals surface area (Å²) in [6.07, 6.45) is 0. The van der Waals surface area contributed by atoms with Crippen LogP contribution in [0.3, 0.4) is 0 Å². The number of hydrogen-bond donors (Lipinski definition) is 1. The second kappa shape index (κ2) is 5.16. The zero-order valence-electron chi connectivity index (χ0n) is 11.4. The highest BCUT2D eigenvalue weighted by Gasteiger charge is 2.09. The van der Waals surface area contributed by atoms with Crippen LogP contribution < -0.4 is 0 Å². The van der Waals surface area contributed by atoms with Crippen LogP contribution in [0.15, 0.2) is 66.7 Å². The second-order valence-electron chi connectivity index (χ2n) is 4.83. The van der Waals surface area contributed by atoms with E-state index in [0.29, 0.717) is 0 Å². The monoisotopic (exact) mass is 257 g/mol. The van der Waals surface area contributed by atoms with Crippen LogP contribution in [-0.2, 0) is 0 Å². The van der Waals surface area contributed by atoms with Crippen LogP contribution in [0.5, 0.6) is 0 Å². The molecule has 0 saturated carbocycles. The van der Waals surface area contributed by atoms with Crippen LogP contribution in [0.2, 0.25) is 0 Å². The lowest BCUT2D eigenvalue weighted by Crippen LogP contribution is -1.93. The lowest BCUT2D eigenvalue weighted by Gasteiger charge is -2.11. The smallest absolute Gasteiger partial charge is 0.0501 e. The molecule has 20 heavy (non-hydrogen) atoms. The first-order valence-electron chi connectivity index (χ1n) is 6.65. The van der Waals surface area contributed by atoms with Crippen molar-refractivity contribution in [3.05, 3.63) is 83.4 Å². The van der Waals surface area contributed by atoms with Crippen molar-refractivity contribution in [2.45, 2.75) is 6.92 Å². The van der Waals surface area contributed by atoms with Gasteiger partial charge in [-0.15, -0.1) is 0 Å². The van der Waals surface area contributed by atoms with Gasteiger partial charge in [-0.1, -0.05) is 66.7 Å². The zero-order valence-corrected chi connectivity index (χ0v) is 11.4. The lowest BCUT2D eigenvalue weighted by atomic mass is 9.92. The largest absolute Gasteiger partial charge is 0.258 e. The Morgan fingerprint density at radius 1 is 0.850 bits per heavy atom. The quantitative estimate of drug-likeness (QED) is 0.636. The molecule has 0 unspecified atom stereocenters. The Hall–Kier alpha value is -2.63. The minimum Gasteiger partial charge on any atom is -0.258 e. The molecular formula is C19H15N. The molecule has 3 aromatic carbocycles. The predicted octanol–water partition coefficient (Wildman–Crippen LogP) is 4.83. The van der Waals surface area contributed by atoms with Crippen molar-refractivity contribution < 1.29 is 0 Å². The van der Waals surface area contributed by atoms with Gasteiger partial charge < -0.3 is 0 Å². The normalized spacial score (nSPS) is 10.2. The van der Waals surface area contributed by atoms with Gasteiger partial charge in [-0.2, -0.15) is 0 Å². The number of rotatable bonds is 2. The molecule has 0 bridgehead atoms. The van der Waals surface area contributed by atoms with Crippen molar-refractivity contribution in [1.29, 1.82) is 5.41 Å². The van der Waals surface area contributed by atoms with Crippen LogP contribution in [0.4, 0.5) is 0 Å². The molecule has 1 nitrogen and oxygen atoms in total. The molecule has 0 radical (unpaired) electrons. The highest BCUT2D eigenvalue weighted by atomic mass is 14.3. The van der Waals surface area contributed by atoms with Crippen LogP contribution in [0.25, 0.3) is 16.3 Å². The van der Waals surface area contributed by atoms with Gasteiger partial charge in [0.05, 0.1) is 5.57 Å². The van der Waals surface area contributed by atoms with E-state index in [1.165, 1.54) is 16.3 Å². The van der Waals surface area contributed by atoms with Gasteiger partial charge in [0.2, 0.25) is 0 Å². The Labute approximate surface area is 118 Å². The van der Waals surface area contributed by atoms with Crippen LogP contribution >= 0.6 is 0 Å². The number of hydrogen-bond acceptors (Lipinski definition) is 1. The first-order chi connectivity index (χ1) is 9.81. The van der Waals surface area contributed by atoms with Crippen LogP contribution in [0.1, 0.15) is 16.7 Å². The molecule has 0 fully saturated rings. The highest BCUT2D eigenvalue weighted by molar-refractivity contribution is 6.01. The van der Waals surface area contributed by atoms with Gasteiger partial charge in [0.1, 0.15) is 0 Å². The molecule has 0 heterocycles. The Bertz CT molecular complexity index is 810. The first kappa shape index (κ1) is 12.4. The minimum atomic E-state index is 0.842. The summed E-state index contributed by atoms with van der Waals surface area (Å²) in [6, 6.07) is 22.5. The lowest BCUT2D eigenvalue weighted by molar-refractivity contribution is 1.46. The second-order valence-corrected chi connectivity index (χ2v) is 4.83. The molecule has 0 aromatic heterocycles. The molecule has 3 rings (SSSR count). The van der Waals surface area contributed by atoms with Crippen molar-refractivity contribution >= 4 is 22.2 Å². The van der Waals surface area contributed by atoms with E-state index in [1.807, 2.05) is 36.4 Å². The maximum Gasteiger partial charge on any atom is 0.0501 e. The molecule has 3 aromatic rings. The number of fused-ring (bicyclic) bond motifs is 1. The average Bonchev–Trinajstić information content (AvgIpc) is 2.51. The summed E-state index contributed by atoms with van der Waals surface area (Å²) < 4.78 is 0. The summed E-state index contributed by atoms with van der Waals surface area (Å²) in [5.41, 5.74) is 4.14. The average molecular weight is 257 g/mol. The van der Waals surface area contributed by atoms with Gasteiger partial charge >= 0.3 is 0 Å². The third kappa shape index (κ3) is 2.05. The van der Waals surface area contributed by atoms with Gasteiger partial charge in [-0.3, -0.25) is 5.41 Å². The van der Waals surface area contributed by atoms with Crippen molar-refractivity contribution in [1.82, 2.24) is 0 Å². The maximum absolute atomic E-state index is 7.65. The Morgan fingerprint density at radius 3 is 2.30 bits per heavy atom. The molecule has 1 heteroatoms. The third-order valence-corrected chi connectivity index (χ3v) is 3.66. The van der Waals surface area contributed by atoms with E-state index in [0.717, 1.165) is 16.7 Å². The first-order valence-corrected chi connectivity index (χ1v) is 6.65. The Morgan fingerprint density at radius 2 is 1.55 bits per heavy atom. The Kier molecular flexibility index (Phi) is 3.20. The standard InChI is InChI=1S/C19H15N/c1-14-17-10-6-5-9-16(17)11-12-18(14)19(13-20)15-7-3-2-4-8-15/h2-12,20H,1H3. The molecule has 0 aliphatic heterocycles. The molecule has 0 saturated heterocycles. The number of aryl methyl sites for hydroxylation is 1. The van der Waals surface area contributed by atoms with Crippen molar-refractivity contribution in [3.63, 3.8) is 0 Å². The Balaban J connectivity index is 2.24. The molecule has 1 N–H and O–H groups in total. The predicted molar refractivity (Wildman–Crippen MR) is 85.4 cm³/mol. The summed E-state index contributed by atoms with van der Waals surface area (Å²) in [4.78, 5) is 0. The van der Waals surface area contributed by atoms with Crippen molar-refractivity contribution in [2.75, 3.05) is 0 Å². The molecule has 96 valence electrons. The molecule has 0 spiro atoms. The van der Waals surface area contributed by atoms with Crippen molar-refractivity contribution in [2.24, 2.45) is 0 Å². The summed E-state index contributed by atoms with van der Waals surface area (Å²) >= 11 is 0. The molecular weight excluding hydrogens is 242 g/mol. The number of benzene rings is 3. The van der Waals surface area contributed by atoms with E-state index in [9.17, 15) is 0 Å². The minimum absolute atomic E-state index is 0.842. The fourth-order valence-electron chi connectivity index (χ4n) is 2.60. The summed E-state index contributed by atoms with van der Waals surface area (Å²) in [5, 5.41) is 10.1. The van der Waals surface area contributed by atoms with Gasteiger partial charge in [0.25, 0.3) is 0 Å². The molecule has 0 aliphatic carbocycles. The van der Waals surface area contributed by atoms with E-state index < -0.39 is 0 Å². The van der Waals surface area contributed by atoms with Crippen molar-refractivity contribution in [3.8, 4) is 0 Å². The van der Waals surface area contributed by atoms with Gasteiger partial charge in [0.15, 0.2) is 0 Å². The third-order valence-electron chi connectivity index (χ3n) is 3.66. The van der Waals surface area contributed by atoms with Crippen LogP contribution in [0, 0.1) is 12.3 Å².